The molecule has 1 aliphatic heterocycles. The molecule has 2 N–H and O–H groups in total. The summed E-state index contributed by atoms with van der Waals surface area (Å²) >= 11 is 0. The molecule has 0 aromatic heterocycles. The summed E-state index contributed by atoms with van der Waals surface area (Å²) in [6.45, 7) is 8.24. The fourth-order valence-electron chi connectivity index (χ4n) is 3.65. The molecule has 134 valence electrons. The molecule has 0 aliphatic carbocycles. The van der Waals surface area contributed by atoms with Gasteiger partial charge in [0, 0.05) is 32.2 Å². The first-order chi connectivity index (χ1) is 12.1. The topological polar surface area (TPSA) is 35.5 Å². The lowest BCUT2D eigenvalue weighted by Gasteiger charge is -2.30. The Morgan fingerprint density at radius 3 is 2.40 bits per heavy atom. The molecular weight excluding hydrogens is 308 g/mol. The maximum Gasteiger partial charge on any atom is 0.0564 e. The van der Waals surface area contributed by atoms with E-state index in [2.05, 4.69) is 72.6 Å². The van der Waals surface area contributed by atoms with E-state index in [1.165, 1.54) is 22.3 Å². The van der Waals surface area contributed by atoms with Gasteiger partial charge >= 0.3 is 0 Å². The van der Waals surface area contributed by atoms with Crippen LogP contribution in [-0.2, 0) is 13.1 Å². The number of nitrogens with zero attached hydrogens (tertiary/aromatic N) is 1. The Balaban J connectivity index is 1.62. The first-order valence-corrected chi connectivity index (χ1v) is 9.39. The van der Waals surface area contributed by atoms with Crippen molar-refractivity contribution in [2.24, 2.45) is 0 Å². The van der Waals surface area contributed by atoms with Gasteiger partial charge in [0.2, 0.25) is 0 Å². The molecule has 3 heteroatoms. The smallest absolute Gasteiger partial charge is 0.0564 e. The monoisotopic (exact) mass is 338 g/mol. The lowest BCUT2D eigenvalue weighted by atomic mass is 10.0. The van der Waals surface area contributed by atoms with Crippen LogP contribution in [-0.4, -0.2) is 29.2 Å². The Kier molecular flexibility index (Phi) is 6.24. The zero-order valence-electron chi connectivity index (χ0n) is 15.4. The van der Waals surface area contributed by atoms with E-state index in [4.69, 9.17) is 0 Å². The van der Waals surface area contributed by atoms with Crippen LogP contribution in [0.3, 0.4) is 0 Å². The highest BCUT2D eigenvalue weighted by Gasteiger charge is 2.18. The Morgan fingerprint density at radius 1 is 1.04 bits per heavy atom. The van der Waals surface area contributed by atoms with Crippen molar-refractivity contribution in [2.45, 2.75) is 51.9 Å². The van der Waals surface area contributed by atoms with E-state index in [1.54, 1.807) is 0 Å². The molecule has 0 amide bonds. The predicted octanol–water partition coefficient (Wildman–Crippen LogP) is 3.80. The molecular formula is C22H30N2O. The molecule has 0 radical (unpaired) electrons. The van der Waals surface area contributed by atoms with Crippen LogP contribution in [0.1, 0.15) is 48.1 Å². The normalized spacial score (nSPS) is 17.6. The van der Waals surface area contributed by atoms with Gasteiger partial charge in [-0.1, -0.05) is 48.5 Å². The molecule has 1 atom stereocenters. The summed E-state index contributed by atoms with van der Waals surface area (Å²) in [5.41, 5.74) is 5.46. The molecule has 25 heavy (non-hydrogen) atoms. The quantitative estimate of drug-likeness (QED) is 0.841. The molecule has 3 rings (SSSR count). The summed E-state index contributed by atoms with van der Waals surface area (Å²) in [5.74, 6) is 0. The minimum Gasteiger partial charge on any atom is -0.393 e. The van der Waals surface area contributed by atoms with E-state index in [1.807, 2.05) is 0 Å². The zero-order chi connectivity index (χ0) is 17.6. The van der Waals surface area contributed by atoms with Gasteiger partial charge in [0.15, 0.2) is 0 Å². The number of piperidine rings is 1. The van der Waals surface area contributed by atoms with Crippen molar-refractivity contribution in [1.82, 2.24) is 10.2 Å². The van der Waals surface area contributed by atoms with E-state index in [0.29, 0.717) is 6.04 Å². The second kappa shape index (κ2) is 8.61. The summed E-state index contributed by atoms with van der Waals surface area (Å²) in [6.07, 6.45) is 1.68. The van der Waals surface area contributed by atoms with Gasteiger partial charge in [-0.25, -0.2) is 0 Å². The van der Waals surface area contributed by atoms with E-state index in [-0.39, 0.29) is 6.10 Å². The minimum atomic E-state index is -0.108. The SMILES string of the molecule is Cc1ccccc1C(C)NCc1ccccc1CN1CCC(O)CC1. The summed E-state index contributed by atoms with van der Waals surface area (Å²) in [4.78, 5) is 2.45. The number of aryl methyl sites for hydroxylation is 1. The highest BCUT2D eigenvalue weighted by molar-refractivity contribution is 5.30. The van der Waals surface area contributed by atoms with Gasteiger partial charge in [0.25, 0.3) is 0 Å². The van der Waals surface area contributed by atoms with Crippen molar-refractivity contribution in [1.29, 1.82) is 0 Å². The average Bonchev–Trinajstić information content (AvgIpc) is 2.63. The molecule has 0 bridgehead atoms. The first-order valence-electron chi connectivity index (χ1n) is 9.39. The molecule has 1 heterocycles. The molecule has 0 saturated carbocycles. The molecule has 3 nitrogen and oxygen atoms in total. The number of likely N-dealkylation sites (tertiary alicyclic amines) is 1. The number of benzene rings is 2. The fraction of sp³-hybridized carbons (Fsp3) is 0.455. The second-order valence-electron chi connectivity index (χ2n) is 7.24. The van der Waals surface area contributed by atoms with Crippen LogP contribution >= 0.6 is 0 Å². The highest BCUT2D eigenvalue weighted by Crippen LogP contribution is 2.20. The maximum atomic E-state index is 9.69. The van der Waals surface area contributed by atoms with Crippen LogP contribution in [0.5, 0.6) is 0 Å². The second-order valence-corrected chi connectivity index (χ2v) is 7.24. The number of hydrogen-bond donors (Lipinski definition) is 2. The molecule has 2 aromatic carbocycles. The van der Waals surface area contributed by atoms with Crippen molar-refractivity contribution < 1.29 is 5.11 Å². The van der Waals surface area contributed by atoms with Crippen molar-refractivity contribution in [3.8, 4) is 0 Å². The third kappa shape index (κ3) is 4.91. The van der Waals surface area contributed by atoms with Gasteiger partial charge in [-0.05, 0) is 48.9 Å². The van der Waals surface area contributed by atoms with Crippen molar-refractivity contribution in [3.63, 3.8) is 0 Å². The van der Waals surface area contributed by atoms with Crippen molar-refractivity contribution in [3.05, 3.63) is 70.8 Å². The molecule has 0 spiro atoms. The van der Waals surface area contributed by atoms with Gasteiger partial charge in [0.05, 0.1) is 6.10 Å². The van der Waals surface area contributed by atoms with E-state index < -0.39 is 0 Å². The third-order valence-corrected chi connectivity index (χ3v) is 5.32. The minimum absolute atomic E-state index is 0.108. The molecule has 1 saturated heterocycles. The predicted molar refractivity (Wildman–Crippen MR) is 103 cm³/mol. The van der Waals surface area contributed by atoms with Crippen molar-refractivity contribution in [2.75, 3.05) is 13.1 Å². The van der Waals surface area contributed by atoms with Crippen LogP contribution in [0.4, 0.5) is 0 Å². The van der Waals surface area contributed by atoms with Crippen LogP contribution in [0.15, 0.2) is 48.5 Å². The van der Waals surface area contributed by atoms with Gasteiger partial charge in [-0.15, -0.1) is 0 Å². The number of hydrogen-bond acceptors (Lipinski definition) is 3. The lowest BCUT2D eigenvalue weighted by molar-refractivity contribution is 0.0791. The number of aliphatic hydroxyl groups excluding tert-OH is 1. The van der Waals surface area contributed by atoms with Crippen LogP contribution in [0.2, 0.25) is 0 Å². The Morgan fingerprint density at radius 2 is 1.68 bits per heavy atom. The largest absolute Gasteiger partial charge is 0.393 e. The maximum absolute atomic E-state index is 9.69. The lowest BCUT2D eigenvalue weighted by Crippen LogP contribution is -2.35. The van der Waals surface area contributed by atoms with E-state index in [9.17, 15) is 5.11 Å². The number of rotatable bonds is 6. The van der Waals surface area contributed by atoms with Crippen LogP contribution < -0.4 is 5.32 Å². The average molecular weight is 338 g/mol. The Labute approximate surface area is 151 Å². The molecule has 1 unspecified atom stereocenters. The van der Waals surface area contributed by atoms with Gasteiger partial charge in [-0.2, -0.15) is 0 Å². The number of aliphatic hydroxyl groups is 1. The van der Waals surface area contributed by atoms with E-state index >= 15 is 0 Å². The standard InChI is InChI=1S/C22H30N2O/c1-17-7-3-6-10-22(17)18(2)23-15-19-8-4-5-9-20(19)16-24-13-11-21(25)12-14-24/h3-10,18,21,23,25H,11-16H2,1-2H3. The van der Waals surface area contributed by atoms with E-state index in [0.717, 1.165) is 39.0 Å². The van der Waals surface area contributed by atoms with Crippen LogP contribution in [0.25, 0.3) is 0 Å². The van der Waals surface area contributed by atoms with Crippen molar-refractivity contribution >= 4 is 0 Å². The van der Waals surface area contributed by atoms with Crippen LogP contribution in [0, 0.1) is 6.92 Å². The third-order valence-electron chi connectivity index (χ3n) is 5.32. The summed E-state index contributed by atoms with van der Waals surface area (Å²) < 4.78 is 0. The zero-order valence-corrected chi connectivity index (χ0v) is 15.4. The summed E-state index contributed by atoms with van der Waals surface area (Å²) in [6, 6.07) is 17.6. The molecule has 2 aromatic rings. The molecule has 1 fully saturated rings. The summed E-state index contributed by atoms with van der Waals surface area (Å²) in [5, 5.41) is 13.4. The van der Waals surface area contributed by atoms with Gasteiger partial charge < -0.3 is 10.4 Å². The van der Waals surface area contributed by atoms with Gasteiger partial charge in [0.1, 0.15) is 0 Å². The highest BCUT2D eigenvalue weighted by atomic mass is 16.3. The Hall–Kier alpha value is -1.68. The Bertz CT molecular complexity index is 677. The summed E-state index contributed by atoms with van der Waals surface area (Å²) in [7, 11) is 0. The molecule has 1 aliphatic rings. The first kappa shape index (κ1) is 18.1. The van der Waals surface area contributed by atoms with Gasteiger partial charge in [-0.3, -0.25) is 4.90 Å². The number of nitrogens with one attached hydrogen (secondary N) is 1. The fourth-order valence-corrected chi connectivity index (χ4v) is 3.65.